The highest BCUT2D eigenvalue weighted by Crippen LogP contribution is 2.44. The molecule has 0 saturated heterocycles. The van der Waals surface area contributed by atoms with Crippen LogP contribution in [0.1, 0.15) is 33.7 Å². The first kappa shape index (κ1) is 24.2. The third-order valence-electron chi connectivity index (χ3n) is 5.77. The van der Waals surface area contributed by atoms with Crippen LogP contribution in [0.3, 0.4) is 0 Å². The van der Waals surface area contributed by atoms with Gasteiger partial charge in [0.25, 0.3) is 0 Å². The molecule has 8 heteroatoms. The van der Waals surface area contributed by atoms with E-state index >= 15 is 0 Å². The summed E-state index contributed by atoms with van der Waals surface area (Å²) >= 11 is 0. The topological polar surface area (TPSA) is 162 Å². The smallest absolute Gasteiger partial charge is 0.126 e. The van der Waals surface area contributed by atoms with Crippen molar-refractivity contribution in [2.45, 2.75) is 12.3 Å². The molecule has 0 aliphatic heterocycles. The molecule has 4 rings (SSSR count). The quantitative estimate of drug-likeness (QED) is 0.178. The van der Waals surface area contributed by atoms with Crippen LogP contribution in [0, 0.1) is 0 Å². The summed E-state index contributed by atoms with van der Waals surface area (Å²) in [5.41, 5.74) is 1.66. The van der Waals surface area contributed by atoms with E-state index in [9.17, 15) is 40.9 Å². The Balaban J connectivity index is 1.77. The molecular weight excluding hydrogens is 464 g/mol. The Hall–Kier alpha value is -4.98. The van der Waals surface area contributed by atoms with Crippen LogP contribution in [-0.4, -0.2) is 40.9 Å². The molecule has 0 radical (unpaired) electrons. The van der Waals surface area contributed by atoms with Crippen LogP contribution >= 0.6 is 0 Å². The SMILES string of the molecule is Oc1cc(O)cc(C[C@@H](c2ccc(O)cc2O)c2c(O)cc(/C=C/c3ccc(O)cc3O)cc2O)c1. The van der Waals surface area contributed by atoms with Crippen LogP contribution in [0.5, 0.6) is 46.0 Å². The molecule has 0 amide bonds. The van der Waals surface area contributed by atoms with E-state index in [0.29, 0.717) is 22.3 Å². The average Bonchev–Trinajstić information content (AvgIpc) is 2.77. The van der Waals surface area contributed by atoms with E-state index in [4.69, 9.17) is 0 Å². The summed E-state index contributed by atoms with van der Waals surface area (Å²) < 4.78 is 0. The lowest BCUT2D eigenvalue weighted by molar-refractivity contribution is 0.425. The van der Waals surface area contributed by atoms with Gasteiger partial charge in [0.1, 0.15) is 46.0 Å². The highest BCUT2D eigenvalue weighted by Gasteiger charge is 2.26. The molecule has 8 N–H and O–H groups in total. The predicted octanol–water partition coefficient (Wildman–Crippen LogP) is 4.88. The molecule has 4 aromatic rings. The Bertz CT molecular complexity index is 1420. The lowest BCUT2D eigenvalue weighted by Crippen LogP contribution is -2.07. The molecule has 0 fully saturated rings. The van der Waals surface area contributed by atoms with E-state index in [2.05, 4.69) is 0 Å². The van der Waals surface area contributed by atoms with Gasteiger partial charge in [0.15, 0.2) is 0 Å². The molecule has 0 aliphatic rings. The van der Waals surface area contributed by atoms with Gasteiger partial charge in [-0.25, -0.2) is 0 Å². The zero-order chi connectivity index (χ0) is 26.0. The average molecular weight is 488 g/mol. The maximum absolute atomic E-state index is 10.9. The second-order valence-corrected chi connectivity index (χ2v) is 8.41. The fraction of sp³-hybridized carbons (Fsp3) is 0.0714. The van der Waals surface area contributed by atoms with E-state index in [0.717, 1.165) is 6.07 Å². The van der Waals surface area contributed by atoms with E-state index in [1.807, 2.05) is 0 Å². The Morgan fingerprint density at radius 3 is 1.69 bits per heavy atom. The summed E-state index contributed by atoms with van der Waals surface area (Å²) in [7, 11) is 0. The van der Waals surface area contributed by atoms with Crippen molar-refractivity contribution in [3.8, 4) is 46.0 Å². The van der Waals surface area contributed by atoms with Gasteiger partial charge in [0, 0.05) is 40.8 Å². The highest BCUT2D eigenvalue weighted by atomic mass is 16.3. The van der Waals surface area contributed by atoms with E-state index in [-0.39, 0.29) is 58.0 Å². The molecule has 0 bridgehead atoms. The molecule has 0 spiro atoms. The third-order valence-corrected chi connectivity index (χ3v) is 5.77. The Morgan fingerprint density at radius 2 is 1.11 bits per heavy atom. The van der Waals surface area contributed by atoms with Gasteiger partial charge in [0.05, 0.1) is 0 Å². The maximum atomic E-state index is 10.9. The molecule has 1 atom stereocenters. The fourth-order valence-electron chi connectivity index (χ4n) is 4.16. The van der Waals surface area contributed by atoms with Crippen LogP contribution in [0.4, 0.5) is 0 Å². The van der Waals surface area contributed by atoms with Gasteiger partial charge in [-0.15, -0.1) is 0 Å². The molecule has 4 aromatic carbocycles. The first-order chi connectivity index (χ1) is 17.1. The van der Waals surface area contributed by atoms with Crippen LogP contribution in [0.15, 0.2) is 66.7 Å². The van der Waals surface area contributed by atoms with E-state index in [1.165, 1.54) is 60.7 Å². The molecule has 0 aliphatic carbocycles. The summed E-state index contributed by atoms with van der Waals surface area (Å²) in [6.45, 7) is 0. The van der Waals surface area contributed by atoms with Crippen LogP contribution in [0.25, 0.3) is 12.2 Å². The van der Waals surface area contributed by atoms with Crippen molar-refractivity contribution in [1.29, 1.82) is 0 Å². The van der Waals surface area contributed by atoms with Crippen LogP contribution in [-0.2, 0) is 6.42 Å². The molecule has 0 unspecified atom stereocenters. The summed E-state index contributed by atoms with van der Waals surface area (Å²) in [5, 5.41) is 81.3. The van der Waals surface area contributed by atoms with Gasteiger partial charge in [-0.1, -0.05) is 18.2 Å². The van der Waals surface area contributed by atoms with Crippen molar-refractivity contribution in [3.05, 3.63) is 94.5 Å². The minimum absolute atomic E-state index is 0.0674. The normalized spacial score (nSPS) is 12.1. The van der Waals surface area contributed by atoms with Crippen molar-refractivity contribution >= 4 is 12.2 Å². The number of phenolic OH excluding ortho intramolecular Hbond substituents is 8. The standard InChI is InChI=1S/C28H24O8/c29-18-4-3-17(24(33)13-18)2-1-15-10-26(35)28(27(36)11-15)23(22-6-5-19(30)14-25(22)34)9-16-7-20(31)12-21(32)8-16/h1-8,10-14,23,29-36H,9H2/b2-1+/t23-/m0/s1. The Kier molecular flexibility index (Phi) is 6.52. The maximum Gasteiger partial charge on any atom is 0.126 e. The van der Waals surface area contributed by atoms with Gasteiger partial charge < -0.3 is 40.9 Å². The summed E-state index contributed by atoms with van der Waals surface area (Å²) in [6, 6.07) is 14.8. The number of hydrogen-bond acceptors (Lipinski definition) is 8. The predicted molar refractivity (Wildman–Crippen MR) is 134 cm³/mol. The van der Waals surface area contributed by atoms with Gasteiger partial charge in [0.2, 0.25) is 0 Å². The van der Waals surface area contributed by atoms with Crippen molar-refractivity contribution in [2.24, 2.45) is 0 Å². The fourth-order valence-corrected chi connectivity index (χ4v) is 4.16. The first-order valence-corrected chi connectivity index (χ1v) is 10.9. The molecule has 184 valence electrons. The molecule has 0 saturated carbocycles. The van der Waals surface area contributed by atoms with Crippen molar-refractivity contribution in [1.82, 2.24) is 0 Å². The second-order valence-electron chi connectivity index (χ2n) is 8.41. The summed E-state index contributed by atoms with van der Waals surface area (Å²) in [4.78, 5) is 0. The minimum atomic E-state index is -0.828. The van der Waals surface area contributed by atoms with Gasteiger partial charge in [-0.2, -0.15) is 0 Å². The number of hydrogen-bond donors (Lipinski definition) is 8. The van der Waals surface area contributed by atoms with Gasteiger partial charge in [-0.05, 0) is 60.0 Å². The zero-order valence-electron chi connectivity index (χ0n) is 18.9. The molecule has 36 heavy (non-hydrogen) atoms. The third kappa shape index (κ3) is 5.23. The van der Waals surface area contributed by atoms with Crippen LogP contribution in [0.2, 0.25) is 0 Å². The summed E-state index contributed by atoms with van der Waals surface area (Å²) in [6.07, 6.45) is 3.16. The van der Waals surface area contributed by atoms with E-state index in [1.54, 1.807) is 12.2 Å². The van der Waals surface area contributed by atoms with Crippen molar-refractivity contribution in [3.63, 3.8) is 0 Å². The van der Waals surface area contributed by atoms with Gasteiger partial charge in [-0.3, -0.25) is 0 Å². The highest BCUT2D eigenvalue weighted by molar-refractivity contribution is 5.74. The minimum Gasteiger partial charge on any atom is -0.508 e. The Labute approximate surface area is 206 Å². The number of aromatic hydroxyl groups is 8. The number of rotatable bonds is 6. The van der Waals surface area contributed by atoms with Gasteiger partial charge >= 0.3 is 0 Å². The van der Waals surface area contributed by atoms with Crippen molar-refractivity contribution < 1.29 is 40.9 Å². The number of phenols is 8. The molecule has 0 aromatic heterocycles. The van der Waals surface area contributed by atoms with Crippen LogP contribution < -0.4 is 0 Å². The lowest BCUT2D eigenvalue weighted by Gasteiger charge is -2.22. The largest absolute Gasteiger partial charge is 0.508 e. The second kappa shape index (κ2) is 9.71. The summed E-state index contributed by atoms with van der Waals surface area (Å²) in [5.74, 6) is -2.42. The molecule has 8 nitrogen and oxygen atoms in total. The molecule has 0 heterocycles. The lowest BCUT2D eigenvalue weighted by atomic mass is 9.83. The van der Waals surface area contributed by atoms with Crippen molar-refractivity contribution in [2.75, 3.05) is 0 Å². The zero-order valence-corrected chi connectivity index (χ0v) is 18.9. The molecular formula is C28H24O8. The van der Waals surface area contributed by atoms with E-state index < -0.39 is 5.92 Å². The Morgan fingerprint density at radius 1 is 0.528 bits per heavy atom. The number of benzene rings is 4. The monoisotopic (exact) mass is 488 g/mol. The first-order valence-electron chi connectivity index (χ1n) is 10.9.